The summed E-state index contributed by atoms with van der Waals surface area (Å²) in [6, 6.07) is 15.3. The molecule has 0 saturated carbocycles. The highest BCUT2D eigenvalue weighted by molar-refractivity contribution is 6.03. The van der Waals surface area contributed by atoms with Crippen molar-refractivity contribution in [1.29, 1.82) is 0 Å². The van der Waals surface area contributed by atoms with E-state index in [0.717, 1.165) is 22.5 Å². The van der Waals surface area contributed by atoms with Crippen molar-refractivity contribution in [2.75, 3.05) is 19.6 Å². The van der Waals surface area contributed by atoms with Gasteiger partial charge in [-0.25, -0.2) is 9.97 Å². The Kier molecular flexibility index (Phi) is 61.4. The minimum Gasteiger partial charge on any atom is -0.356 e. The third-order valence-electron chi connectivity index (χ3n) is 18.0. The van der Waals surface area contributed by atoms with Gasteiger partial charge in [0, 0.05) is 168 Å². The molecular formula is C106H160N8O16. The van der Waals surface area contributed by atoms with Crippen molar-refractivity contribution in [2.45, 2.75) is 310 Å². The summed E-state index contributed by atoms with van der Waals surface area (Å²) in [4.78, 5) is 201. The summed E-state index contributed by atoms with van der Waals surface area (Å²) in [7, 11) is 0. The van der Waals surface area contributed by atoms with Crippen LogP contribution in [0.4, 0.5) is 0 Å². The Morgan fingerprint density at radius 1 is 0.392 bits per heavy atom. The molecule has 720 valence electrons. The largest absolute Gasteiger partial charge is 0.356 e. The van der Waals surface area contributed by atoms with Crippen molar-refractivity contribution in [1.82, 2.24) is 40.9 Å². The summed E-state index contributed by atoms with van der Waals surface area (Å²) in [5.74, 6) is 1.06. The second-order valence-electron chi connectivity index (χ2n) is 40.6. The zero-order valence-corrected chi connectivity index (χ0v) is 84.5. The lowest BCUT2D eigenvalue weighted by Crippen LogP contribution is -2.32. The Labute approximate surface area is 778 Å². The molecule has 1 aromatic carbocycles. The van der Waals surface area contributed by atoms with Crippen LogP contribution in [0.1, 0.15) is 333 Å². The number of Topliss-reactive ketones (excluding diaryl/α,β-unsaturated/α-hetero) is 9. The molecule has 0 saturated heterocycles. The fourth-order valence-electron chi connectivity index (χ4n) is 9.75. The number of aromatic nitrogens is 5. The van der Waals surface area contributed by atoms with Gasteiger partial charge in [-0.2, -0.15) is 0 Å². The minimum absolute atomic E-state index is 0.00301. The zero-order valence-electron chi connectivity index (χ0n) is 84.5. The van der Waals surface area contributed by atoms with E-state index < -0.39 is 0 Å². The molecule has 0 aliphatic carbocycles. The van der Waals surface area contributed by atoms with Gasteiger partial charge in [0.05, 0.1) is 23.9 Å². The molecule has 24 heteroatoms. The molecule has 4 aromatic rings. The summed E-state index contributed by atoms with van der Waals surface area (Å²) >= 11 is 0. The van der Waals surface area contributed by atoms with E-state index in [1.165, 1.54) is 24.3 Å². The van der Waals surface area contributed by atoms with Crippen LogP contribution in [0.15, 0.2) is 152 Å². The number of imidazole rings is 2. The van der Waals surface area contributed by atoms with Crippen LogP contribution in [-0.2, 0) is 76.7 Å². The second-order valence-corrected chi connectivity index (χ2v) is 40.6. The van der Waals surface area contributed by atoms with Crippen LogP contribution in [0.5, 0.6) is 0 Å². The lowest BCUT2D eigenvalue weighted by molar-refractivity contribution is -0.128. The topological polar surface area (TPSA) is 379 Å². The van der Waals surface area contributed by atoms with Crippen LogP contribution >= 0.6 is 0 Å². The Bertz CT molecular complexity index is 4350. The average Bonchev–Trinajstić information content (AvgIpc) is 1.19. The zero-order chi connectivity index (χ0) is 101. The first-order valence-electron chi connectivity index (χ1n) is 44.5. The molecule has 0 bridgehead atoms. The van der Waals surface area contributed by atoms with Gasteiger partial charge in [-0.3, -0.25) is 81.7 Å². The SMILES string of the molecule is C/C(=C\c1ccccc1)C(=O)CCC(=O)C(C)(C)C.C/C(=C\c1ccccn1)C(=O)CCC(=O)C(C)(C)C.C/C(=C\c1ncc[nH]1)C(=O)CCC(=O)C(C)(C)C.C/C=C/C(=O)CCC(=O)CC(C)(C)C.C=CC(=O)CCC(=O)NCC(C)(C)C.C=CC(=O)NCCC(=O)C(C)(C)C.CC(C)(C)C(=O)CCC(=O)/C=C/c1cnc[nH]1.CC(C)=CC(=O)CCC(=O)NCC(C)(C)C. The second kappa shape index (κ2) is 63.8. The number of aromatic amines is 2. The molecule has 3 amide bonds. The fourth-order valence-corrected chi connectivity index (χ4v) is 9.75. The first-order chi connectivity index (χ1) is 59.6. The van der Waals surface area contributed by atoms with Crippen molar-refractivity contribution in [2.24, 2.45) is 43.3 Å². The number of hydrogen-bond donors (Lipinski definition) is 5. The smallest absolute Gasteiger partial charge is 0.243 e. The summed E-state index contributed by atoms with van der Waals surface area (Å²) in [5, 5.41) is 8.15. The van der Waals surface area contributed by atoms with Crippen molar-refractivity contribution in [3.63, 3.8) is 0 Å². The first-order valence-corrected chi connectivity index (χ1v) is 44.5. The number of ketones is 13. The summed E-state index contributed by atoms with van der Waals surface area (Å²) < 4.78 is 0. The third-order valence-corrected chi connectivity index (χ3v) is 18.0. The number of benzene rings is 1. The van der Waals surface area contributed by atoms with E-state index in [0.29, 0.717) is 106 Å². The molecule has 0 atom stereocenters. The molecule has 3 aromatic heterocycles. The number of hydrogen-bond acceptors (Lipinski definition) is 19. The highest BCUT2D eigenvalue weighted by Gasteiger charge is 2.27. The minimum atomic E-state index is -0.376. The summed E-state index contributed by atoms with van der Waals surface area (Å²) in [5.41, 5.74) is 3.87. The van der Waals surface area contributed by atoms with Gasteiger partial charge in [-0.1, -0.05) is 227 Å². The van der Waals surface area contributed by atoms with Crippen LogP contribution in [-0.4, -0.2) is 137 Å². The maximum absolute atomic E-state index is 12.0. The summed E-state index contributed by atoms with van der Waals surface area (Å²) in [6.07, 6.45) is 28.9. The van der Waals surface area contributed by atoms with Crippen LogP contribution < -0.4 is 16.0 Å². The van der Waals surface area contributed by atoms with Gasteiger partial charge in [-0.15, -0.1) is 0 Å². The van der Waals surface area contributed by atoms with Crippen molar-refractivity contribution in [3.8, 4) is 0 Å². The lowest BCUT2D eigenvalue weighted by Gasteiger charge is -2.18. The number of carbonyl (C=O) groups excluding carboxylic acids is 16. The molecule has 0 unspecified atom stereocenters. The number of rotatable bonds is 39. The predicted octanol–water partition coefficient (Wildman–Crippen LogP) is 21.0. The van der Waals surface area contributed by atoms with Crippen molar-refractivity contribution < 1.29 is 76.7 Å². The average molecular weight is 1800 g/mol. The maximum Gasteiger partial charge on any atom is 0.243 e. The number of H-pyrrole nitrogens is 2. The van der Waals surface area contributed by atoms with Gasteiger partial charge < -0.3 is 25.9 Å². The van der Waals surface area contributed by atoms with Gasteiger partial charge in [0.25, 0.3) is 0 Å². The number of nitrogens with one attached hydrogen (secondary N) is 5. The number of carbonyl (C=O) groups is 16. The molecule has 0 radical (unpaired) electrons. The van der Waals surface area contributed by atoms with Gasteiger partial charge in [-0.05, 0) is 147 Å². The Balaban J connectivity index is -0.000000700. The van der Waals surface area contributed by atoms with E-state index >= 15 is 0 Å². The molecule has 4 rings (SSSR count). The molecule has 0 aliphatic rings. The number of nitrogens with zero attached hydrogens (tertiary/aromatic N) is 3. The van der Waals surface area contributed by atoms with Crippen LogP contribution in [0, 0.1) is 43.3 Å². The molecule has 0 spiro atoms. The van der Waals surface area contributed by atoms with E-state index in [9.17, 15) is 76.7 Å². The molecule has 130 heavy (non-hydrogen) atoms. The van der Waals surface area contributed by atoms with Crippen LogP contribution in [0.3, 0.4) is 0 Å². The first kappa shape index (κ1) is 125. The van der Waals surface area contributed by atoms with Gasteiger partial charge in [0.15, 0.2) is 40.5 Å². The van der Waals surface area contributed by atoms with E-state index in [-0.39, 0.29) is 175 Å². The molecule has 5 N–H and O–H groups in total. The van der Waals surface area contributed by atoms with Crippen LogP contribution in [0.2, 0.25) is 0 Å². The van der Waals surface area contributed by atoms with Crippen molar-refractivity contribution in [3.05, 3.63) is 174 Å². The predicted molar refractivity (Wildman–Crippen MR) is 526 cm³/mol. The van der Waals surface area contributed by atoms with Gasteiger partial charge in [0.1, 0.15) is 40.5 Å². The monoisotopic (exact) mass is 1800 g/mol. The van der Waals surface area contributed by atoms with Gasteiger partial charge in [0.2, 0.25) is 17.7 Å². The number of allylic oxidation sites excluding steroid dienone is 9. The highest BCUT2D eigenvalue weighted by atomic mass is 16.2. The molecular weight excluding hydrogens is 1640 g/mol. The summed E-state index contributed by atoms with van der Waals surface area (Å²) in [6.45, 7) is 65.6. The van der Waals surface area contributed by atoms with E-state index in [1.54, 1.807) is 89.2 Å². The Morgan fingerprint density at radius 2 is 0.800 bits per heavy atom. The van der Waals surface area contributed by atoms with E-state index in [1.807, 2.05) is 214 Å². The third kappa shape index (κ3) is 72.7. The standard InChI is InChI=1S/C17H22O2.C16H21NO2.C14H20N2O2.C13H18N2O2.C13H23NO2.C12H20O2.C11H19NO2.C10H17NO2/c1-13(12-14-8-6-5-7-9-14)15(18)10-11-16(19)17(2,3)4;1-12(11-13-7-5-6-10-17-13)14(18)8-9-15(19)16(2,3)4;1-10(9-13-15-7-8-16-13)11(17)5-6-12(18)14(2,3)4;1-13(2,3)12(17)7-6-11(16)5-4-10-8-14-9-15-10;1-10(2)8-11(15)6-7-12(16)14-9-13(3,4)5;1-5-6-10(13)7-8-11(14)9-12(2,3)4;1-5-9(13)6-7-10(14)12-8-11(2,3)4;1-5-9(13)11-7-6-8(12)10(2,3)4/h5-9,12H,10-11H2,1-4H3;5-7,10-11H,8-9H2,1-4H3;7-9H,5-6H2,1-4H3,(H,15,16);4-5,8-9H,6-7H2,1-3H3,(H,14,15);8H,6-7,9H2,1-5H3,(H,14,16);5-6H,7-9H2,1-4H3;5H,1,6-8H2,2-4H3,(H,12,14);5H,1,6-7H2,2-4H3,(H,11,13)/b13-12+;12-11+;10-9+;5-4+;;6-5+;;. The van der Waals surface area contributed by atoms with E-state index in [4.69, 9.17) is 0 Å². The fraction of sp³-hybridized carbons (Fsp3) is 0.538. The molecule has 3 heterocycles. The Hall–Kier alpha value is -11.2. The normalized spacial score (nSPS) is 11.8. The molecule has 0 aliphatic heterocycles. The van der Waals surface area contributed by atoms with Gasteiger partial charge >= 0.3 is 0 Å². The van der Waals surface area contributed by atoms with Crippen molar-refractivity contribution >= 4 is 117 Å². The molecule has 24 nitrogen and oxygen atoms in total. The number of pyridine rings is 1. The number of amides is 3. The quantitative estimate of drug-likeness (QED) is 0.0259. The van der Waals surface area contributed by atoms with E-state index in [2.05, 4.69) is 74.8 Å². The van der Waals surface area contributed by atoms with Crippen LogP contribution in [0.25, 0.3) is 24.3 Å². The maximum atomic E-state index is 12.0. The lowest BCUT2D eigenvalue weighted by atomic mass is 9.87. The Morgan fingerprint density at radius 3 is 1.18 bits per heavy atom. The highest BCUT2D eigenvalue weighted by Crippen LogP contribution is 2.25. The molecule has 0 fully saturated rings.